The van der Waals surface area contributed by atoms with Crippen molar-refractivity contribution in [2.45, 2.75) is 6.54 Å². The van der Waals surface area contributed by atoms with Crippen LogP contribution in [0.15, 0.2) is 41.7 Å². The molecule has 110 valence electrons. The maximum atomic E-state index is 8.66. The Hall–Kier alpha value is -2.47. The molecule has 2 rings (SSSR count). The van der Waals surface area contributed by atoms with Crippen LogP contribution in [-0.2, 0) is 6.54 Å². The van der Waals surface area contributed by atoms with Crippen molar-refractivity contribution in [1.29, 1.82) is 0 Å². The molecule has 21 heavy (non-hydrogen) atoms. The van der Waals surface area contributed by atoms with Crippen LogP contribution in [0.1, 0.15) is 11.3 Å². The minimum absolute atomic E-state index is 0.0304. The number of rotatable bonds is 5. The van der Waals surface area contributed by atoms with Crippen LogP contribution >= 0.6 is 11.6 Å². The Bertz CT molecular complexity index is 661. The van der Waals surface area contributed by atoms with E-state index in [1.54, 1.807) is 37.6 Å². The third-order valence-corrected chi connectivity index (χ3v) is 3.07. The fraction of sp³-hybridized carbons (Fsp3) is 0.143. The lowest BCUT2D eigenvalue weighted by Crippen LogP contribution is -2.15. The molecule has 0 saturated carbocycles. The molecule has 1 aromatic carbocycles. The summed E-state index contributed by atoms with van der Waals surface area (Å²) in [5, 5.41) is 15.4. The summed E-state index contributed by atoms with van der Waals surface area (Å²) in [7, 11) is 1.59. The first kappa shape index (κ1) is 14.9. The molecule has 4 N–H and O–H groups in total. The molecule has 0 aliphatic carbocycles. The molecule has 0 fully saturated rings. The number of hydrogen-bond donors (Lipinski definition) is 3. The lowest BCUT2D eigenvalue weighted by atomic mass is 10.2. The van der Waals surface area contributed by atoms with E-state index in [-0.39, 0.29) is 5.84 Å². The van der Waals surface area contributed by atoms with Crippen LogP contribution in [0.3, 0.4) is 0 Å². The molecule has 6 nitrogen and oxygen atoms in total. The second-order valence-electron chi connectivity index (χ2n) is 4.23. The molecule has 1 heterocycles. The molecule has 0 aliphatic heterocycles. The number of amidine groups is 1. The van der Waals surface area contributed by atoms with Crippen LogP contribution in [-0.4, -0.2) is 23.1 Å². The minimum atomic E-state index is -0.0304. The largest absolute Gasteiger partial charge is 0.495 e. The summed E-state index contributed by atoms with van der Waals surface area (Å²) in [4.78, 5) is 4.02. The van der Waals surface area contributed by atoms with E-state index in [0.29, 0.717) is 23.0 Å². The number of pyridine rings is 1. The first-order valence-electron chi connectivity index (χ1n) is 6.14. The highest BCUT2D eigenvalue weighted by Crippen LogP contribution is 2.28. The summed E-state index contributed by atoms with van der Waals surface area (Å²) in [5.74, 6) is 0.669. The number of halogens is 1. The minimum Gasteiger partial charge on any atom is -0.495 e. The predicted molar refractivity (Wildman–Crippen MR) is 82.1 cm³/mol. The molecule has 7 heteroatoms. The molecule has 2 aromatic rings. The van der Waals surface area contributed by atoms with Gasteiger partial charge in [0.2, 0.25) is 0 Å². The lowest BCUT2D eigenvalue weighted by Gasteiger charge is -2.12. The molecule has 0 amide bonds. The van der Waals surface area contributed by atoms with Gasteiger partial charge >= 0.3 is 0 Å². The third-order valence-electron chi connectivity index (χ3n) is 2.84. The number of ether oxygens (including phenoxy) is 1. The van der Waals surface area contributed by atoms with Crippen molar-refractivity contribution in [1.82, 2.24) is 4.98 Å². The number of anilines is 1. The Morgan fingerprint density at radius 1 is 1.43 bits per heavy atom. The number of hydrogen-bond acceptors (Lipinski definition) is 5. The Kier molecular flexibility index (Phi) is 4.84. The average Bonchev–Trinajstić information content (AvgIpc) is 2.52. The average molecular weight is 307 g/mol. The fourth-order valence-corrected chi connectivity index (χ4v) is 1.96. The Morgan fingerprint density at radius 3 is 2.95 bits per heavy atom. The molecule has 1 aromatic heterocycles. The topological polar surface area (TPSA) is 92.8 Å². The molecule has 0 atom stereocenters. The second-order valence-corrected chi connectivity index (χ2v) is 4.67. The lowest BCUT2D eigenvalue weighted by molar-refractivity contribution is 0.318. The van der Waals surface area contributed by atoms with Crippen LogP contribution in [0.25, 0.3) is 0 Å². The van der Waals surface area contributed by atoms with E-state index in [2.05, 4.69) is 15.5 Å². The Labute approximate surface area is 127 Å². The molecule has 0 bridgehead atoms. The summed E-state index contributed by atoms with van der Waals surface area (Å²) in [6.45, 7) is 0.519. The molecular formula is C14H15ClN4O2. The molecular weight excluding hydrogens is 292 g/mol. The van der Waals surface area contributed by atoms with Gasteiger partial charge in [0.15, 0.2) is 5.84 Å². The monoisotopic (exact) mass is 306 g/mol. The first-order chi connectivity index (χ1) is 10.1. The van der Waals surface area contributed by atoms with Crippen LogP contribution in [0, 0.1) is 0 Å². The van der Waals surface area contributed by atoms with E-state index in [9.17, 15) is 0 Å². The van der Waals surface area contributed by atoms with Gasteiger partial charge < -0.3 is 21.0 Å². The third kappa shape index (κ3) is 3.76. The Morgan fingerprint density at radius 2 is 2.24 bits per heavy atom. The van der Waals surface area contributed by atoms with Crippen molar-refractivity contribution in [3.63, 3.8) is 0 Å². The van der Waals surface area contributed by atoms with Crippen LogP contribution < -0.4 is 15.8 Å². The van der Waals surface area contributed by atoms with Gasteiger partial charge in [-0.3, -0.25) is 4.98 Å². The van der Waals surface area contributed by atoms with Gasteiger partial charge in [-0.05, 0) is 35.9 Å². The predicted octanol–water partition coefficient (Wildman–Crippen LogP) is 2.45. The summed E-state index contributed by atoms with van der Waals surface area (Å²) in [5.41, 5.74) is 7.64. The van der Waals surface area contributed by atoms with E-state index in [0.717, 1.165) is 11.3 Å². The zero-order valence-corrected chi connectivity index (χ0v) is 12.1. The van der Waals surface area contributed by atoms with Crippen molar-refractivity contribution in [3.05, 3.63) is 52.8 Å². The normalized spacial score (nSPS) is 11.2. The molecule has 0 radical (unpaired) electrons. The van der Waals surface area contributed by atoms with Crippen molar-refractivity contribution >= 4 is 23.1 Å². The van der Waals surface area contributed by atoms with Crippen molar-refractivity contribution in [2.24, 2.45) is 10.9 Å². The smallest absolute Gasteiger partial charge is 0.188 e. The Balaban J connectivity index is 2.15. The first-order valence-corrected chi connectivity index (χ1v) is 6.52. The highest BCUT2D eigenvalue weighted by atomic mass is 35.5. The number of nitrogens with zero attached hydrogens (tertiary/aromatic N) is 2. The highest BCUT2D eigenvalue weighted by Gasteiger charge is 2.05. The zero-order chi connectivity index (χ0) is 15.2. The van der Waals surface area contributed by atoms with Crippen LogP contribution in [0.4, 0.5) is 5.69 Å². The molecule has 0 unspecified atom stereocenters. The SMILES string of the molecule is COc1ccc(Cl)cc1NCc1ccnc(C(N)=NO)c1. The summed E-state index contributed by atoms with van der Waals surface area (Å²) in [6.07, 6.45) is 1.60. The van der Waals surface area contributed by atoms with Crippen molar-refractivity contribution in [2.75, 3.05) is 12.4 Å². The van der Waals surface area contributed by atoms with Gasteiger partial charge in [-0.1, -0.05) is 16.8 Å². The standard InChI is InChI=1S/C14H15ClN4O2/c1-21-13-3-2-10(15)7-11(13)18-8-9-4-5-17-12(6-9)14(16)19-20/h2-7,18,20H,8H2,1H3,(H2,16,19). The molecule has 0 aliphatic rings. The summed E-state index contributed by atoms with van der Waals surface area (Å²) >= 11 is 5.98. The second kappa shape index (κ2) is 6.81. The number of benzene rings is 1. The van der Waals surface area contributed by atoms with Crippen molar-refractivity contribution < 1.29 is 9.94 Å². The maximum absolute atomic E-state index is 8.66. The maximum Gasteiger partial charge on any atom is 0.188 e. The van der Waals surface area contributed by atoms with E-state index in [1.165, 1.54) is 0 Å². The zero-order valence-electron chi connectivity index (χ0n) is 11.4. The number of nitrogens with two attached hydrogens (primary N) is 1. The van der Waals surface area contributed by atoms with Gasteiger partial charge in [0.1, 0.15) is 11.4 Å². The van der Waals surface area contributed by atoms with Gasteiger partial charge in [0, 0.05) is 17.8 Å². The van der Waals surface area contributed by atoms with Gasteiger partial charge in [-0.25, -0.2) is 0 Å². The summed E-state index contributed by atoms with van der Waals surface area (Å²) < 4.78 is 5.26. The summed E-state index contributed by atoms with van der Waals surface area (Å²) in [6, 6.07) is 8.90. The number of nitrogens with one attached hydrogen (secondary N) is 1. The van der Waals surface area contributed by atoms with Gasteiger partial charge in [-0.2, -0.15) is 0 Å². The van der Waals surface area contributed by atoms with Gasteiger partial charge in [-0.15, -0.1) is 0 Å². The number of oxime groups is 1. The molecule has 0 spiro atoms. The van der Waals surface area contributed by atoms with Crippen LogP contribution in [0.2, 0.25) is 5.02 Å². The quantitative estimate of drug-likeness (QED) is 0.341. The molecule has 0 saturated heterocycles. The van der Waals surface area contributed by atoms with E-state index >= 15 is 0 Å². The van der Waals surface area contributed by atoms with E-state index < -0.39 is 0 Å². The van der Waals surface area contributed by atoms with E-state index in [1.807, 2.05) is 6.07 Å². The van der Waals surface area contributed by atoms with Crippen molar-refractivity contribution in [3.8, 4) is 5.75 Å². The van der Waals surface area contributed by atoms with Crippen LogP contribution in [0.5, 0.6) is 5.75 Å². The number of methoxy groups -OCH3 is 1. The number of aromatic nitrogens is 1. The highest BCUT2D eigenvalue weighted by molar-refractivity contribution is 6.30. The fourth-order valence-electron chi connectivity index (χ4n) is 1.79. The van der Waals surface area contributed by atoms with Gasteiger partial charge in [0.25, 0.3) is 0 Å². The van der Waals surface area contributed by atoms with E-state index in [4.69, 9.17) is 27.3 Å². The van der Waals surface area contributed by atoms with Gasteiger partial charge in [0.05, 0.1) is 12.8 Å².